The standard InChI is InChI=1S/C11H22O5/c1-7-9(13-2)11(15-4)10(14-3)8(16-7)5-6-12/h7-12H,5-6H2,1-4H3/t7-,8-,9+,10+,11+/m0/s1. The fourth-order valence-corrected chi connectivity index (χ4v) is 2.34. The van der Waals surface area contributed by atoms with E-state index in [1.54, 1.807) is 21.3 Å². The van der Waals surface area contributed by atoms with Gasteiger partial charge in [-0.15, -0.1) is 0 Å². The minimum absolute atomic E-state index is 0.0714. The summed E-state index contributed by atoms with van der Waals surface area (Å²) in [5.41, 5.74) is 0. The van der Waals surface area contributed by atoms with Crippen LogP contribution in [0.5, 0.6) is 0 Å². The Morgan fingerprint density at radius 2 is 1.56 bits per heavy atom. The highest BCUT2D eigenvalue weighted by atomic mass is 16.6. The predicted molar refractivity (Wildman–Crippen MR) is 58.4 cm³/mol. The summed E-state index contributed by atoms with van der Waals surface area (Å²) >= 11 is 0. The van der Waals surface area contributed by atoms with Crippen LogP contribution >= 0.6 is 0 Å². The van der Waals surface area contributed by atoms with Crippen molar-refractivity contribution in [1.29, 1.82) is 0 Å². The number of aliphatic hydroxyl groups excluding tert-OH is 1. The third kappa shape index (κ3) is 2.73. The van der Waals surface area contributed by atoms with Gasteiger partial charge in [-0.3, -0.25) is 0 Å². The summed E-state index contributed by atoms with van der Waals surface area (Å²) < 4.78 is 22.0. The topological polar surface area (TPSA) is 57.2 Å². The summed E-state index contributed by atoms with van der Waals surface area (Å²) in [6.45, 7) is 2.02. The number of hydrogen-bond acceptors (Lipinski definition) is 5. The van der Waals surface area contributed by atoms with E-state index >= 15 is 0 Å². The van der Waals surface area contributed by atoms with Gasteiger partial charge in [0, 0.05) is 27.9 Å². The van der Waals surface area contributed by atoms with E-state index in [2.05, 4.69) is 0 Å². The van der Waals surface area contributed by atoms with Gasteiger partial charge in [0.2, 0.25) is 0 Å². The van der Waals surface area contributed by atoms with Crippen LogP contribution in [0.4, 0.5) is 0 Å². The molecule has 0 aromatic heterocycles. The molecule has 0 unspecified atom stereocenters. The molecule has 1 heterocycles. The fourth-order valence-electron chi connectivity index (χ4n) is 2.34. The summed E-state index contributed by atoms with van der Waals surface area (Å²) in [5, 5.41) is 8.99. The van der Waals surface area contributed by atoms with Crippen LogP contribution in [0.2, 0.25) is 0 Å². The molecule has 5 heteroatoms. The molecule has 0 spiro atoms. The van der Waals surface area contributed by atoms with Crippen LogP contribution in [0.25, 0.3) is 0 Å². The lowest BCUT2D eigenvalue weighted by atomic mass is 9.93. The third-order valence-electron chi connectivity index (χ3n) is 3.10. The molecule has 0 bridgehead atoms. The van der Waals surface area contributed by atoms with Crippen LogP contribution in [-0.4, -0.2) is 63.6 Å². The summed E-state index contributed by atoms with van der Waals surface area (Å²) in [5.74, 6) is 0. The van der Waals surface area contributed by atoms with Gasteiger partial charge in [-0.1, -0.05) is 0 Å². The SMILES string of the molecule is CO[C@@H]1[C@H](OC)[C@H](C)O[C@@H](CCO)[C@H]1OC. The summed E-state index contributed by atoms with van der Waals surface area (Å²) in [4.78, 5) is 0. The Morgan fingerprint density at radius 1 is 1.00 bits per heavy atom. The number of rotatable bonds is 5. The van der Waals surface area contributed by atoms with Crippen LogP contribution < -0.4 is 0 Å². The molecule has 1 N–H and O–H groups in total. The summed E-state index contributed by atoms with van der Waals surface area (Å²) in [7, 11) is 4.89. The van der Waals surface area contributed by atoms with Gasteiger partial charge < -0.3 is 24.1 Å². The first-order valence-corrected chi connectivity index (χ1v) is 5.54. The zero-order valence-corrected chi connectivity index (χ0v) is 10.4. The van der Waals surface area contributed by atoms with Crippen LogP contribution in [0.1, 0.15) is 13.3 Å². The predicted octanol–water partition coefficient (Wildman–Crippen LogP) is 0.201. The van der Waals surface area contributed by atoms with Gasteiger partial charge in [0.05, 0.1) is 12.2 Å². The molecule has 1 aliphatic heterocycles. The van der Waals surface area contributed by atoms with Gasteiger partial charge >= 0.3 is 0 Å². The van der Waals surface area contributed by atoms with Crippen molar-refractivity contribution in [1.82, 2.24) is 0 Å². The van der Waals surface area contributed by atoms with E-state index < -0.39 is 0 Å². The van der Waals surface area contributed by atoms with E-state index in [-0.39, 0.29) is 37.1 Å². The first kappa shape index (κ1) is 13.9. The lowest BCUT2D eigenvalue weighted by Crippen LogP contribution is -2.58. The average molecular weight is 234 g/mol. The Labute approximate surface area is 96.6 Å². The van der Waals surface area contributed by atoms with Crippen LogP contribution in [0.15, 0.2) is 0 Å². The normalized spacial score (nSPS) is 39.9. The highest BCUT2D eigenvalue weighted by molar-refractivity contribution is 4.93. The van der Waals surface area contributed by atoms with Crippen molar-refractivity contribution in [2.24, 2.45) is 0 Å². The van der Waals surface area contributed by atoms with Crippen LogP contribution in [0.3, 0.4) is 0 Å². The molecule has 1 saturated heterocycles. The maximum Gasteiger partial charge on any atom is 0.114 e. The van der Waals surface area contributed by atoms with E-state index in [1.807, 2.05) is 6.92 Å². The summed E-state index contributed by atoms with van der Waals surface area (Å²) in [6.07, 6.45) is -0.211. The van der Waals surface area contributed by atoms with Crippen molar-refractivity contribution < 1.29 is 24.1 Å². The van der Waals surface area contributed by atoms with Crippen molar-refractivity contribution in [3.63, 3.8) is 0 Å². The van der Waals surface area contributed by atoms with Crippen molar-refractivity contribution in [2.45, 2.75) is 43.9 Å². The number of ether oxygens (including phenoxy) is 4. The van der Waals surface area contributed by atoms with Crippen molar-refractivity contribution in [3.05, 3.63) is 0 Å². The fraction of sp³-hybridized carbons (Fsp3) is 1.00. The summed E-state index contributed by atoms with van der Waals surface area (Å²) in [6, 6.07) is 0. The maximum atomic E-state index is 8.99. The van der Waals surface area contributed by atoms with E-state index in [9.17, 15) is 0 Å². The molecule has 0 aliphatic carbocycles. The second-order valence-electron chi connectivity index (χ2n) is 3.99. The zero-order chi connectivity index (χ0) is 12.1. The molecule has 16 heavy (non-hydrogen) atoms. The van der Waals surface area contributed by atoms with Gasteiger partial charge in [0.15, 0.2) is 0 Å². The second kappa shape index (κ2) is 6.51. The largest absolute Gasteiger partial charge is 0.396 e. The minimum atomic E-state index is -0.210. The van der Waals surface area contributed by atoms with Gasteiger partial charge in [0.1, 0.15) is 18.3 Å². The van der Waals surface area contributed by atoms with Gasteiger partial charge in [0.25, 0.3) is 0 Å². The molecule has 0 saturated carbocycles. The molecule has 96 valence electrons. The number of aliphatic hydroxyl groups is 1. The maximum absolute atomic E-state index is 8.99. The Hall–Kier alpha value is -0.200. The number of hydrogen-bond donors (Lipinski definition) is 1. The first-order valence-electron chi connectivity index (χ1n) is 5.54. The Morgan fingerprint density at radius 3 is 2.00 bits per heavy atom. The van der Waals surface area contributed by atoms with E-state index in [4.69, 9.17) is 24.1 Å². The minimum Gasteiger partial charge on any atom is -0.396 e. The highest BCUT2D eigenvalue weighted by Crippen LogP contribution is 2.28. The van der Waals surface area contributed by atoms with Gasteiger partial charge in [-0.05, 0) is 13.3 Å². The smallest absolute Gasteiger partial charge is 0.114 e. The molecule has 1 rings (SSSR count). The lowest BCUT2D eigenvalue weighted by Gasteiger charge is -2.44. The monoisotopic (exact) mass is 234 g/mol. The van der Waals surface area contributed by atoms with Gasteiger partial charge in [-0.25, -0.2) is 0 Å². The zero-order valence-electron chi connectivity index (χ0n) is 10.4. The highest BCUT2D eigenvalue weighted by Gasteiger charge is 2.44. The van der Waals surface area contributed by atoms with E-state index in [0.717, 1.165) is 0 Å². The lowest BCUT2D eigenvalue weighted by molar-refractivity contribution is -0.240. The first-order chi connectivity index (χ1) is 7.69. The quantitative estimate of drug-likeness (QED) is 0.736. The van der Waals surface area contributed by atoms with E-state index in [0.29, 0.717) is 6.42 Å². The van der Waals surface area contributed by atoms with Crippen LogP contribution in [-0.2, 0) is 18.9 Å². The number of methoxy groups -OCH3 is 3. The molecule has 5 nitrogen and oxygen atoms in total. The molecule has 1 fully saturated rings. The molecular formula is C11H22O5. The Kier molecular flexibility index (Phi) is 5.64. The third-order valence-corrected chi connectivity index (χ3v) is 3.10. The van der Waals surface area contributed by atoms with Crippen molar-refractivity contribution in [3.8, 4) is 0 Å². The Bertz CT molecular complexity index is 199. The van der Waals surface area contributed by atoms with Crippen molar-refractivity contribution in [2.75, 3.05) is 27.9 Å². The van der Waals surface area contributed by atoms with Gasteiger partial charge in [-0.2, -0.15) is 0 Å². The average Bonchev–Trinajstić information content (AvgIpc) is 2.28. The molecule has 5 atom stereocenters. The second-order valence-corrected chi connectivity index (χ2v) is 3.99. The molecular weight excluding hydrogens is 212 g/mol. The van der Waals surface area contributed by atoms with Crippen LogP contribution in [0, 0.1) is 0 Å². The Balaban J connectivity index is 2.78. The van der Waals surface area contributed by atoms with Crippen molar-refractivity contribution >= 4 is 0 Å². The molecule has 0 aromatic carbocycles. The molecule has 0 amide bonds. The molecule has 0 aromatic rings. The molecule has 1 aliphatic rings. The van der Waals surface area contributed by atoms with E-state index in [1.165, 1.54) is 0 Å². The molecule has 0 radical (unpaired) electrons.